The molecule has 4 aliphatic carbocycles. The lowest BCUT2D eigenvalue weighted by Gasteiger charge is -2.58. The van der Waals surface area contributed by atoms with Crippen molar-refractivity contribution in [1.82, 2.24) is 0 Å². The normalized spacial score (nSPS) is 39.8. The zero-order valence-corrected chi connectivity index (χ0v) is 22.0. The topological polar surface area (TPSA) is 43.4 Å². The monoisotopic (exact) mass is 480 g/mol. The van der Waals surface area contributed by atoms with Crippen LogP contribution in [0.5, 0.6) is 0 Å². The fourth-order valence-corrected chi connectivity index (χ4v) is 9.59. The van der Waals surface area contributed by atoms with Crippen LogP contribution in [-0.4, -0.2) is 17.2 Å². The predicted octanol–water partition coefficient (Wildman–Crippen LogP) is 7.52. The van der Waals surface area contributed by atoms with Gasteiger partial charge in [-0.2, -0.15) is 0 Å². The Labute approximate surface area is 209 Å². The summed E-state index contributed by atoms with van der Waals surface area (Å²) < 4.78 is 5.59. The maximum Gasteiger partial charge on any atom is 0.302 e. The number of ether oxygens (including phenoxy) is 1. The Bertz CT molecular complexity index is 971. The van der Waals surface area contributed by atoms with E-state index in [1.165, 1.54) is 37.3 Å². The summed E-state index contributed by atoms with van der Waals surface area (Å²) in [4.78, 5) is 25.1. The standard InChI is InChI=1S/C30H40O3S/c1-19(21-8-6-5-7-9-21)34-28(32)27-13-12-25-24-11-10-22-18-23(33-20(2)31)14-16-29(22,3)26(24)15-17-30(25,27)4/h5-10,19,23-27H,11-18H2,1-4H3/t19-,23-,24-,25-,26-,27+,29-,30-/m0/s1. The SMILES string of the molecule is CC(=O)O[C@H]1CC[C@@]2(C)C(=CC[C@H]3[C@@H]4CC[C@H](C(=O)S[C@@H](C)c5ccccc5)[C@@]4(C)CC[C@@H]32)C1. The van der Waals surface area contributed by atoms with Crippen LogP contribution in [0.1, 0.15) is 89.9 Å². The first-order chi connectivity index (χ1) is 16.2. The Balaban J connectivity index is 1.31. The maximum atomic E-state index is 13.6. The smallest absolute Gasteiger partial charge is 0.302 e. The summed E-state index contributed by atoms with van der Waals surface area (Å²) in [6, 6.07) is 10.4. The number of carbonyl (C=O) groups excluding carboxylic acids is 2. The minimum atomic E-state index is -0.155. The molecule has 0 heterocycles. The van der Waals surface area contributed by atoms with Crippen LogP contribution >= 0.6 is 11.8 Å². The molecule has 0 N–H and O–H groups in total. The first-order valence-electron chi connectivity index (χ1n) is 13.3. The molecule has 1 aromatic rings. The Morgan fingerprint density at radius 1 is 1.03 bits per heavy atom. The maximum absolute atomic E-state index is 13.6. The highest BCUT2D eigenvalue weighted by atomic mass is 32.2. The van der Waals surface area contributed by atoms with Gasteiger partial charge in [-0.05, 0) is 86.0 Å². The van der Waals surface area contributed by atoms with E-state index in [0.29, 0.717) is 22.9 Å². The Kier molecular flexibility index (Phi) is 6.50. The van der Waals surface area contributed by atoms with Crippen molar-refractivity contribution in [3.05, 3.63) is 47.5 Å². The fraction of sp³-hybridized carbons (Fsp3) is 0.667. The zero-order valence-electron chi connectivity index (χ0n) is 21.2. The molecule has 0 unspecified atom stereocenters. The molecular formula is C30H40O3S. The molecule has 184 valence electrons. The van der Waals surface area contributed by atoms with Crippen molar-refractivity contribution in [2.24, 2.45) is 34.5 Å². The van der Waals surface area contributed by atoms with Gasteiger partial charge in [0.2, 0.25) is 0 Å². The highest BCUT2D eigenvalue weighted by molar-refractivity contribution is 8.13. The van der Waals surface area contributed by atoms with Gasteiger partial charge in [-0.3, -0.25) is 9.59 Å². The predicted molar refractivity (Wildman–Crippen MR) is 138 cm³/mol. The molecule has 3 nitrogen and oxygen atoms in total. The van der Waals surface area contributed by atoms with Gasteiger partial charge >= 0.3 is 5.97 Å². The van der Waals surface area contributed by atoms with E-state index in [1.54, 1.807) is 11.8 Å². The molecule has 0 saturated heterocycles. The molecular weight excluding hydrogens is 440 g/mol. The van der Waals surface area contributed by atoms with Gasteiger partial charge in [0, 0.05) is 24.5 Å². The van der Waals surface area contributed by atoms with Crippen molar-refractivity contribution < 1.29 is 14.3 Å². The second-order valence-corrected chi connectivity index (χ2v) is 13.2. The minimum Gasteiger partial charge on any atom is -0.462 e. The van der Waals surface area contributed by atoms with Crippen LogP contribution in [0.4, 0.5) is 0 Å². The Morgan fingerprint density at radius 2 is 1.79 bits per heavy atom. The third-order valence-electron chi connectivity index (χ3n) is 10.2. The number of rotatable bonds is 4. The highest BCUT2D eigenvalue weighted by Gasteiger charge is 2.60. The number of benzene rings is 1. The summed E-state index contributed by atoms with van der Waals surface area (Å²) in [5.74, 6) is 2.07. The number of allylic oxidation sites excluding steroid dienone is 1. The molecule has 8 atom stereocenters. The van der Waals surface area contributed by atoms with Crippen LogP contribution in [0.25, 0.3) is 0 Å². The number of hydrogen-bond acceptors (Lipinski definition) is 4. The molecule has 3 saturated carbocycles. The molecule has 5 rings (SSSR count). The van der Waals surface area contributed by atoms with Crippen LogP contribution in [0.15, 0.2) is 42.0 Å². The quantitative estimate of drug-likeness (QED) is 0.330. The Hall–Kier alpha value is -1.55. The first kappa shape index (κ1) is 24.2. The van der Waals surface area contributed by atoms with Gasteiger partial charge in [0.1, 0.15) is 6.10 Å². The summed E-state index contributed by atoms with van der Waals surface area (Å²) in [6.07, 6.45) is 11.4. The van der Waals surface area contributed by atoms with Gasteiger partial charge in [0.15, 0.2) is 5.12 Å². The van der Waals surface area contributed by atoms with Crippen LogP contribution < -0.4 is 0 Å². The summed E-state index contributed by atoms with van der Waals surface area (Å²) in [6.45, 7) is 8.62. The molecule has 0 bridgehead atoms. The van der Waals surface area contributed by atoms with E-state index in [4.69, 9.17) is 4.74 Å². The average Bonchev–Trinajstić information content (AvgIpc) is 3.17. The third kappa shape index (κ3) is 4.08. The molecule has 0 aromatic heterocycles. The molecule has 0 amide bonds. The molecule has 1 aromatic carbocycles. The first-order valence-corrected chi connectivity index (χ1v) is 14.2. The fourth-order valence-electron chi connectivity index (χ4n) is 8.40. The number of carbonyl (C=O) groups is 2. The van der Waals surface area contributed by atoms with E-state index in [0.717, 1.165) is 32.1 Å². The highest BCUT2D eigenvalue weighted by Crippen LogP contribution is 2.66. The number of thioether (sulfide) groups is 1. The summed E-state index contributed by atoms with van der Waals surface area (Å²) in [7, 11) is 0. The lowest BCUT2D eigenvalue weighted by atomic mass is 9.47. The van der Waals surface area contributed by atoms with Crippen molar-refractivity contribution in [2.45, 2.75) is 90.4 Å². The lowest BCUT2D eigenvalue weighted by Crippen LogP contribution is -2.51. The second kappa shape index (κ2) is 9.15. The van der Waals surface area contributed by atoms with Crippen LogP contribution in [0.3, 0.4) is 0 Å². The van der Waals surface area contributed by atoms with Gasteiger partial charge in [-0.25, -0.2) is 0 Å². The van der Waals surface area contributed by atoms with E-state index in [1.807, 2.05) is 6.07 Å². The summed E-state index contributed by atoms with van der Waals surface area (Å²) >= 11 is 1.56. The molecule has 34 heavy (non-hydrogen) atoms. The zero-order chi connectivity index (χ0) is 24.1. The average molecular weight is 481 g/mol. The van der Waals surface area contributed by atoms with Crippen LogP contribution in [0.2, 0.25) is 0 Å². The van der Waals surface area contributed by atoms with E-state index >= 15 is 0 Å². The third-order valence-corrected chi connectivity index (χ3v) is 11.4. The number of esters is 1. The van der Waals surface area contributed by atoms with E-state index in [9.17, 15) is 9.59 Å². The van der Waals surface area contributed by atoms with E-state index in [-0.39, 0.29) is 34.1 Å². The molecule has 0 spiro atoms. The van der Waals surface area contributed by atoms with Crippen molar-refractivity contribution in [3.8, 4) is 0 Å². The van der Waals surface area contributed by atoms with Crippen LogP contribution in [0, 0.1) is 34.5 Å². The van der Waals surface area contributed by atoms with Crippen molar-refractivity contribution in [1.29, 1.82) is 0 Å². The van der Waals surface area contributed by atoms with Gasteiger partial charge in [0.05, 0.1) is 0 Å². The van der Waals surface area contributed by atoms with Gasteiger partial charge < -0.3 is 4.74 Å². The molecule has 3 fully saturated rings. The number of hydrogen-bond donors (Lipinski definition) is 0. The van der Waals surface area contributed by atoms with Crippen molar-refractivity contribution in [3.63, 3.8) is 0 Å². The summed E-state index contributed by atoms with van der Waals surface area (Å²) in [5.41, 5.74) is 3.15. The minimum absolute atomic E-state index is 0.0549. The second-order valence-electron chi connectivity index (χ2n) is 11.9. The van der Waals surface area contributed by atoms with Gasteiger partial charge in [0.25, 0.3) is 0 Å². The molecule has 0 radical (unpaired) electrons. The largest absolute Gasteiger partial charge is 0.462 e. The molecule has 0 aliphatic heterocycles. The van der Waals surface area contributed by atoms with E-state index < -0.39 is 0 Å². The lowest BCUT2D eigenvalue weighted by molar-refractivity contribution is -0.148. The van der Waals surface area contributed by atoms with Crippen molar-refractivity contribution in [2.75, 3.05) is 0 Å². The van der Waals surface area contributed by atoms with Crippen LogP contribution in [-0.2, 0) is 14.3 Å². The summed E-state index contributed by atoms with van der Waals surface area (Å²) in [5, 5.41) is 0.624. The van der Waals surface area contributed by atoms with Gasteiger partial charge in [-0.15, -0.1) is 0 Å². The van der Waals surface area contributed by atoms with E-state index in [2.05, 4.69) is 51.1 Å². The molecule has 4 heteroatoms. The molecule has 4 aliphatic rings. The van der Waals surface area contributed by atoms with Gasteiger partial charge in [-0.1, -0.05) is 67.6 Å². The number of fused-ring (bicyclic) bond motifs is 5. The Morgan fingerprint density at radius 3 is 2.53 bits per heavy atom. The van der Waals surface area contributed by atoms with Crippen molar-refractivity contribution >= 4 is 22.8 Å².